The van der Waals surface area contributed by atoms with Gasteiger partial charge in [-0.2, -0.15) is 0 Å². The van der Waals surface area contributed by atoms with Crippen LogP contribution in [0.25, 0.3) is 11.1 Å². The molecule has 0 saturated carbocycles. The molecule has 0 spiro atoms. The predicted octanol–water partition coefficient (Wildman–Crippen LogP) is 4.34. The Morgan fingerprint density at radius 1 is 0.956 bits per heavy atom. The number of ether oxygens (including phenoxy) is 5. The van der Waals surface area contributed by atoms with Crippen LogP contribution in [0.4, 0.5) is 5.69 Å². The lowest BCUT2D eigenvalue weighted by Crippen LogP contribution is -2.43. The lowest BCUT2D eigenvalue weighted by molar-refractivity contribution is -0.123. The van der Waals surface area contributed by atoms with E-state index in [4.69, 9.17) is 23.7 Å². The van der Waals surface area contributed by atoms with Gasteiger partial charge in [0.15, 0.2) is 23.0 Å². The van der Waals surface area contributed by atoms with E-state index in [1.165, 1.54) is 20.1 Å². The Kier molecular flexibility index (Phi) is 9.36. The molecule has 0 unspecified atom stereocenters. The van der Waals surface area contributed by atoms with Crippen molar-refractivity contribution in [3.05, 3.63) is 69.4 Å². The van der Waals surface area contributed by atoms with Crippen LogP contribution in [0.15, 0.2) is 47.3 Å². The Bertz CT molecular complexity index is 1670. The van der Waals surface area contributed by atoms with Gasteiger partial charge in [0, 0.05) is 19.0 Å². The lowest BCUT2D eigenvalue weighted by atomic mass is 9.95. The van der Waals surface area contributed by atoms with Crippen LogP contribution in [0, 0.1) is 5.92 Å². The number of carbonyl (C=O) groups excluding carboxylic acids is 2. The van der Waals surface area contributed by atoms with E-state index in [-0.39, 0.29) is 42.2 Å². The maximum atomic E-state index is 13.8. The van der Waals surface area contributed by atoms with Crippen LogP contribution in [-0.2, 0) is 22.6 Å². The van der Waals surface area contributed by atoms with Gasteiger partial charge in [0.05, 0.1) is 33.1 Å². The number of aryl methyl sites for hydroxylation is 1. The zero-order valence-corrected chi connectivity index (χ0v) is 26.4. The van der Waals surface area contributed by atoms with Gasteiger partial charge in [-0.15, -0.1) is 0 Å². The molecular weight excluding hydrogens is 578 g/mol. The van der Waals surface area contributed by atoms with Gasteiger partial charge in [0.2, 0.25) is 29.8 Å². The molecule has 1 aliphatic heterocycles. The molecule has 0 radical (unpaired) electrons. The SMILES string of the molecule is COc1cc2c(c(OC)c1OC)-c1ccc(N[C@H](C(=O)NCc3ccc4c(c3)OCO4)C(C)C)c(=O)cc1[C@@H](NC(C)=O)CC2. The lowest BCUT2D eigenvalue weighted by Gasteiger charge is -2.22. The van der Waals surface area contributed by atoms with Crippen molar-refractivity contribution in [3.63, 3.8) is 0 Å². The molecule has 1 aliphatic carbocycles. The highest BCUT2D eigenvalue weighted by Gasteiger charge is 2.30. The van der Waals surface area contributed by atoms with Crippen molar-refractivity contribution >= 4 is 17.5 Å². The smallest absolute Gasteiger partial charge is 0.243 e. The first-order chi connectivity index (χ1) is 21.6. The van der Waals surface area contributed by atoms with Crippen LogP contribution in [0.3, 0.4) is 0 Å². The summed E-state index contributed by atoms with van der Waals surface area (Å²) < 4.78 is 27.9. The van der Waals surface area contributed by atoms with Crippen molar-refractivity contribution in [1.82, 2.24) is 10.6 Å². The van der Waals surface area contributed by atoms with Gasteiger partial charge < -0.3 is 39.6 Å². The van der Waals surface area contributed by atoms with Crippen LogP contribution in [-0.4, -0.2) is 46.0 Å². The van der Waals surface area contributed by atoms with Gasteiger partial charge in [-0.3, -0.25) is 14.4 Å². The fourth-order valence-electron chi connectivity index (χ4n) is 5.88. The van der Waals surface area contributed by atoms with E-state index in [2.05, 4.69) is 16.0 Å². The Balaban J connectivity index is 1.52. The second-order valence-electron chi connectivity index (χ2n) is 11.4. The summed E-state index contributed by atoms with van der Waals surface area (Å²) in [7, 11) is 4.65. The van der Waals surface area contributed by atoms with E-state index in [1.807, 2.05) is 44.2 Å². The third-order valence-corrected chi connectivity index (χ3v) is 8.08. The fourth-order valence-corrected chi connectivity index (χ4v) is 5.88. The number of hydrogen-bond donors (Lipinski definition) is 3. The second-order valence-corrected chi connectivity index (χ2v) is 11.4. The van der Waals surface area contributed by atoms with Crippen LogP contribution >= 0.6 is 0 Å². The first-order valence-electron chi connectivity index (χ1n) is 14.9. The van der Waals surface area contributed by atoms with Crippen molar-refractivity contribution in [2.45, 2.75) is 52.2 Å². The topological polar surface area (TPSA) is 133 Å². The molecule has 3 N–H and O–H groups in total. The van der Waals surface area contributed by atoms with Crippen LogP contribution in [0.1, 0.15) is 49.9 Å². The molecule has 0 aromatic heterocycles. The maximum Gasteiger partial charge on any atom is 0.243 e. The normalized spacial score (nSPS) is 15.2. The number of carbonyl (C=O) groups is 2. The van der Waals surface area contributed by atoms with E-state index in [0.29, 0.717) is 52.7 Å². The number of rotatable bonds is 10. The molecule has 0 fully saturated rings. The van der Waals surface area contributed by atoms with E-state index in [9.17, 15) is 14.4 Å². The number of anilines is 1. The molecule has 0 bridgehead atoms. The van der Waals surface area contributed by atoms with Gasteiger partial charge in [-0.25, -0.2) is 0 Å². The third kappa shape index (κ3) is 6.47. The summed E-state index contributed by atoms with van der Waals surface area (Å²) in [6, 6.07) is 11.3. The number of methoxy groups -OCH3 is 3. The van der Waals surface area contributed by atoms with Crippen molar-refractivity contribution in [3.8, 4) is 39.9 Å². The standard InChI is InChI=1S/C34H39N3O8/c1-18(2)31(34(40)35-16-20-7-12-27-28(13-20)45-17-44-27)37-25-11-9-22-23(15-26(25)39)24(36-19(3)38)10-8-21-14-29(41-4)32(42-5)33(43-6)30(21)22/h7,9,11-15,18,24,31H,8,10,16-17H2,1-6H3,(H,35,40)(H,36,38)(H,37,39)/t24-,31-/m0/s1. The monoisotopic (exact) mass is 617 g/mol. The van der Waals surface area contributed by atoms with Crippen LogP contribution in [0.2, 0.25) is 0 Å². The molecule has 5 rings (SSSR count). The average molecular weight is 618 g/mol. The fraction of sp³-hybridized carbons (Fsp3) is 0.382. The average Bonchev–Trinajstić information content (AvgIpc) is 3.37. The maximum absolute atomic E-state index is 13.8. The van der Waals surface area contributed by atoms with Gasteiger partial charge in [-0.1, -0.05) is 26.0 Å². The summed E-state index contributed by atoms with van der Waals surface area (Å²) in [6.45, 7) is 5.73. The minimum absolute atomic E-state index is 0.144. The molecule has 11 heteroatoms. The first kappa shape index (κ1) is 31.5. The van der Waals surface area contributed by atoms with E-state index in [1.54, 1.807) is 20.3 Å². The molecule has 3 aromatic carbocycles. The Hall–Kier alpha value is -4.93. The van der Waals surface area contributed by atoms with Gasteiger partial charge in [0.1, 0.15) is 6.04 Å². The Morgan fingerprint density at radius 3 is 2.40 bits per heavy atom. The molecule has 3 aromatic rings. The molecule has 11 nitrogen and oxygen atoms in total. The number of benzene rings is 2. The van der Waals surface area contributed by atoms with Gasteiger partial charge in [0.25, 0.3) is 0 Å². The van der Waals surface area contributed by atoms with Crippen molar-refractivity contribution in [1.29, 1.82) is 0 Å². The molecule has 2 aliphatic rings. The largest absolute Gasteiger partial charge is 0.493 e. The highest BCUT2D eigenvalue weighted by atomic mass is 16.7. The number of hydrogen-bond acceptors (Lipinski definition) is 9. The van der Waals surface area contributed by atoms with Gasteiger partial charge >= 0.3 is 0 Å². The number of nitrogens with one attached hydrogen (secondary N) is 3. The third-order valence-electron chi connectivity index (χ3n) is 8.08. The summed E-state index contributed by atoms with van der Waals surface area (Å²) in [5.74, 6) is 2.11. The highest BCUT2D eigenvalue weighted by molar-refractivity contribution is 5.86. The minimum atomic E-state index is -0.703. The first-order valence-corrected chi connectivity index (χ1v) is 14.9. The van der Waals surface area contributed by atoms with Crippen molar-refractivity contribution in [2.24, 2.45) is 5.92 Å². The molecule has 2 amide bonds. The summed E-state index contributed by atoms with van der Waals surface area (Å²) in [4.78, 5) is 39.5. The zero-order chi connectivity index (χ0) is 32.2. The van der Waals surface area contributed by atoms with Crippen LogP contribution < -0.4 is 45.1 Å². The summed E-state index contributed by atoms with van der Waals surface area (Å²) in [5, 5.41) is 9.18. The van der Waals surface area contributed by atoms with E-state index < -0.39 is 12.1 Å². The number of fused-ring (bicyclic) bond motifs is 4. The summed E-state index contributed by atoms with van der Waals surface area (Å²) in [5.41, 5.74) is 3.82. The number of amides is 2. The molecule has 0 saturated heterocycles. The Labute approximate surface area is 262 Å². The van der Waals surface area contributed by atoms with Crippen LogP contribution in [0.5, 0.6) is 28.7 Å². The van der Waals surface area contributed by atoms with E-state index in [0.717, 1.165) is 16.7 Å². The molecule has 2 atom stereocenters. The Morgan fingerprint density at radius 2 is 1.71 bits per heavy atom. The minimum Gasteiger partial charge on any atom is -0.493 e. The zero-order valence-electron chi connectivity index (χ0n) is 26.4. The van der Waals surface area contributed by atoms with E-state index >= 15 is 0 Å². The van der Waals surface area contributed by atoms with Crippen molar-refractivity contribution in [2.75, 3.05) is 33.4 Å². The predicted molar refractivity (Wildman–Crippen MR) is 169 cm³/mol. The summed E-state index contributed by atoms with van der Waals surface area (Å²) >= 11 is 0. The quantitative estimate of drug-likeness (QED) is 0.304. The molecule has 45 heavy (non-hydrogen) atoms. The second kappa shape index (κ2) is 13.4. The molecule has 238 valence electrons. The molecular formula is C34H39N3O8. The summed E-state index contributed by atoms with van der Waals surface area (Å²) in [6.07, 6.45) is 1.13. The molecule has 1 heterocycles. The highest BCUT2D eigenvalue weighted by Crippen LogP contribution is 2.50. The van der Waals surface area contributed by atoms with Crippen molar-refractivity contribution < 1.29 is 33.3 Å². The van der Waals surface area contributed by atoms with Gasteiger partial charge in [-0.05, 0) is 71.3 Å².